The van der Waals surface area contributed by atoms with E-state index in [1.165, 1.54) is 0 Å². The Hall–Kier alpha value is -2.44. The van der Waals surface area contributed by atoms with Crippen LogP contribution in [0.1, 0.15) is 24.0 Å². The number of hydrogen-bond acceptors (Lipinski definition) is 5. The lowest BCUT2D eigenvalue weighted by molar-refractivity contribution is -0.118. The lowest BCUT2D eigenvalue weighted by Gasteiger charge is -2.23. The number of fused-ring (bicyclic) bond motifs is 1. The van der Waals surface area contributed by atoms with E-state index in [0.29, 0.717) is 13.0 Å². The number of benzene rings is 2. The van der Waals surface area contributed by atoms with Gasteiger partial charge in [0.1, 0.15) is 5.75 Å². The van der Waals surface area contributed by atoms with E-state index in [9.17, 15) is 4.79 Å². The molecule has 0 spiro atoms. The number of hydrogen-bond donors (Lipinski definition) is 0. The SMILES string of the molecule is COc1cc(CC(=O)N(CC2CCCO2)c2nc3ccccc3s2)ccc1C. The zero-order valence-corrected chi connectivity index (χ0v) is 17.0. The second kappa shape index (κ2) is 8.29. The van der Waals surface area contributed by atoms with Gasteiger partial charge in [-0.05, 0) is 49.1 Å². The fraction of sp³-hybridized carbons (Fsp3) is 0.364. The molecule has 1 fully saturated rings. The Morgan fingerprint density at radius 3 is 2.93 bits per heavy atom. The molecule has 5 nitrogen and oxygen atoms in total. The number of anilines is 1. The Morgan fingerprint density at radius 2 is 2.18 bits per heavy atom. The molecule has 0 radical (unpaired) electrons. The molecule has 2 aromatic carbocycles. The highest BCUT2D eigenvalue weighted by atomic mass is 32.1. The summed E-state index contributed by atoms with van der Waals surface area (Å²) in [4.78, 5) is 19.8. The van der Waals surface area contributed by atoms with Gasteiger partial charge in [-0.3, -0.25) is 9.69 Å². The molecule has 1 aliphatic rings. The molecule has 3 aromatic rings. The first-order chi connectivity index (χ1) is 13.6. The molecule has 2 heterocycles. The molecule has 1 saturated heterocycles. The number of amides is 1. The molecule has 1 atom stereocenters. The maximum atomic E-state index is 13.3. The highest BCUT2D eigenvalue weighted by Crippen LogP contribution is 2.30. The summed E-state index contributed by atoms with van der Waals surface area (Å²) in [5.41, 5.74) is 2.91. The van der Waals surface area contributed by atoms with Gasteiger partial charge in [0.25, 0.3) is 0 Å². The van der Waals surface area contributed by atoms with Crippen LogP contribution in [0, 0.1) is 6.92 Å². The van der Waals surface area contributed by atoms with Crippen molar-refractivity contribution in [1.82, 2.24) is 4.98 Å². The van der Waals surface area contributed by atoms with Gasteiger partial charge in [-0.15, -0.1) is 0 Å². The number of nitrogens with zero attached hydrogens (tertiary/aromatic N) is 2. The molecule has 1 unspecified atom stereocenters. The molecule has 6 heteroatoms. The van der Waals surface area contributed by atoms with E-state index in [2.05, 4.69) is 0 Å². The molecule has 0 N–H and O–H groups in total. The molecule has 146 valence electrons. The summed E-state index contributed by atoms with van der Waals surface area (Å²) in [7, 11) is 1.65. The molecule has 0 saturated carbocycles. The highest BCUT2D eigenvalue weighted by Gasteiger charge is 2.26. The van der Waals surface area contributed by atoms with Gasteiger partial charge in [0.2, 0.25) is 5.91 Å². The van der Waals surface area contributed by atoms with E-state index in [-0.39, 0.29) is 12.0 Å². The molecule has 0 aliphatic carbocycles. The summed E-state index contributed by atoms with van der Waals surface area (Å²) in [6, 6.07) is 13.9. The summed E-state index contributed by atoms with van der Waals surface area (Å²) in [5, 5.41) is 0.737. The van der Waals surface area contributed by atoms with E-state index in [1.54, 1.807) is 23.3 Å². The zero-order valence-electron chi connectivity index (χ0n) is 16.2. The van der Waals surface area contributed by atoms with E-state index >= 15 is 0 Å². The number of thiazole rings is 1. The largest absolute Gasteiger partial charge is 0.496 e. The van der Waals surface area contributed by atoms with Gasteiger partial charge >= 0.3 is 0 Å². The van der Waals surface area contributed by atoms with Crippen molar-refractivity contribution < 1.29 is 14.3 Å². The van der Waals surface area contributed by atoms with Gasteiger partial charge in [0.05, 0.1) is 36.4 Å². The lowest BCUT2D eigenvalue weighted by atomic mass is 10.1. The van der Waals surface area contributed by atoms with Crippen LogP contribution < -0.4 is 9.64 Å². The van der Waals surface area contributed by atoms with Crippen molar-refractivity contribution in [3.63, 3.8) is 0 Å². The maximum Gasteiger partial charge on any atom is 0.233 e. The minimum atomic E-state index is 0.0282. The standard InChI is InChI=1S/C22H24N2O3S/c1-15-9-10-16(12-19(15)26-2)13-21(25)24(14-17-6-5-11-27-17)22-23-18-7-3-4-8-20(18)28-22/h3-4,7-10,12,17H,5-6,11,13-14H2,1-2H3. The Bertz CT molecular complexity index is 946. The van der Waals surface area contributed by atoms with Crippen molar-refractivity contribution in [2.75, 3.05) is 25.2 Å². The molecule has 1 aromatic heterocycles. The smallest absolute Gasteiger partial charge is 0.233 e. The van der Waals surface area contributed by atoms with Gasteiger partial charge in [0.15, 0.2) is 5.13 Å². The van der Waals surface area contributed by atoms with E-state index in [4.69, 9.17) is 14.5 Å². The number of rotatable bonds is 6. The monoisotopic (exact) mass is 396 g/mol. The fourth-order valence-electron chi connectivity index (χ4n) is 3.50. The number of aromatic nitrogens is 1. The van der Waals surface area contributed by atoms with Crippen LogP contribution in [-0.4, -0.2) is 37.3 Å². The average molecular weight is 397 g/mol. The predicted molar refractivity (Wildman–Crippen MR) is 112 cm³/mol. The van der Waals surface area contributed by atoms with Crippen molar-refractivity contribution >= 4 is 32.6 Å². The number of para-hydroxylation sites is 1. The third-order valence-corrected chi connectivity index (χ3v) is 6.11. The van der Waals surface area contributed by atoms with E-state index < -0.39 is 0 Å². The predicted octanol–water partition coefficient (Wildman–Crippen LogP) is 4.37. The second-order valence-corrected chi connectivity index (χ2v) is 8.09. The Kier molecular flexibility index (Phi) is 5.59. The number of ether oxygens (including phenoxy) is 2. The maximum absolute atomic E-state index is 13.3. The third-order valence-electron chi connectivity index (χ3n) is 5.05. The lowest BCUT2D eigenvalue weighted by Crippen LogP contribution is -2.38. The summed E-state index contributed by atoms with van der Waals surface area (Å²) in [6.07, 6.45) is 2.40. The molecular weight excluding hydrogens is 372 g/mol. The quantitative estimate of drug-likeness (QED) is 0.621. The van der Waals surface area contributed by atoms with Crippen LogP contribution in [0.3, 0.4) is 0 Å². The van der Waals surface area contributed by atoms with Crippen molar-refractivity contribution in [3.8, 4) is 5.75 Å². The van der Waals surface area contributed by atoms with Crippen molar-refractivity contribution in [2.24, 2.45) is 0 Å². The van der Waals surface area contributed by atoms with Crippen molar-refractivity contribution in [3.05, 3.63) is 53.6 Å². The Morgan fingerprint density at radius 1 is 1.32 bits per heavy atom. The van der Waals surface area contributed by atoms with Gasteiger partial charge in [-0.25, -0.2) is 4.98 Å². The minimum absolute atomic E-state index is 0.0282. The summed E-state index contributed by atoms with van der Waals surface area (Å²) >= 11 is 1.55. The summed E-state index contributed by atoms with van der Waals surface area (Å²) in [6.45, 7) is 3.30. The van der Waals surface area contributed by atoms with Gasteiger partial charge in [0, 0.05) is 6.61 Å². The van der Waals surface area contributed by atoms with Crippen LogP contribution in [-0.2, 0) is 16.0 Å². The fourth-order valence-corrected chi connectivity index (χ4v) is 4.49. The van der Waals surface area contributed by atoms with Crippen LogP contribution >= 0.6 is 11.3 Å². The van der Waals surface area contributed by atoms with Crippen LogP contribution in [0.25, 0.3) is 10.2 Å². The topological polar surface area (TPSA) is 51.7 Å². The van der Waals surface area contributed by atoms with Crippen LogP contribution in [0.15, 0.2) is 42.5 Å². The number of carbonyl (C=O) groups excluding carboxylic acids is 1. The van der Waals surface area contributed by atoms with Crippen molar-refractivity contribution in [1.29, 1.82) is 0 Å². The first-order valence-electron chi connectivity index (χ1n) is 9.55. The number of carbonyl (C=O) groups is 1. The molecule has 1 amide bonds. The van der Waals surface area contributed by atoms with Gasteiger partial charge in [-0.2, -0.15) is 0 Å². The zero-order chi connectivity index (χ0) is 19.5. The summed E-state index contributed by atoms with van der Waals surface area (Å²) < 4.78 is 12.3. The minimum Gasteiger partial charge on any atom is -0.496 e. The normalized spacial score (nSPS) is 16.4. The first kappa shape index (κ1) is 18.9. The molecular formula is C22H24N2O3S. The molecule has 4 rings (SSSR count). The molecule has 28 heavy (non-hydrogen) atoms. The van der Waals surface area contributed by atoms with Gasteiger partial charge < -0.3 is 9.47 Å². The molecule has 0 bridgehead atoms. The molecule has 1 aliphatic heterocycles. The van der Waals surface area contributed by atoms with Crippen LogP contribution in [0.4, 0.5) is 5.13 Å². The number of methoxy groups -OCH3 is 1. The summed E-state index contributed by atoms with van der Waals surface area (Å²) in [5.74, 6) is 0.830. The first-order valence-corrected chi connectivity index (χ1v) is 10.4. The van der Waals surface area contributed by atoms with Crippen LogP contribution in [0.5, 0.6) is 5.75 Å². The van der Waals surface area contributed by atoms with Crippen molar-refractivity contribution in [2.45, 2.75) is 32.3 Å². The third kappa shape index (κ3) is 4.03. The van der Waals surface area contributed by atoms with Gasteiger partial charge in [-0.1, -0.05) is 35.6 Å². The van der Waals surface area contributed by atoms with E-state index in [1.807, 2.05) is 49.4 Å². The Balaban J connectivity index is 1.61. The van der Waals surface area contributed by atoms with E-state index in [0.717, 1.165) is 51.7 Å². The average Bonchev–Trinajstić information content (AvgIpc) is 3.36. The highest BCUT2D eigenvalue weighted by molar-refractivity contribution is 7.22. The Labute approximate surface area is 168 Å². The number of aryl methyl sites for hydroxylation is 1. The van der Waals surface area contributed by atoms with Crippen LogP contribution in [0.2, 0.25) is 0 Å². The second-order valence-electron chi connectivity index (χ2n) is 7.08.